The lowest BCUT2D eigenvalue weighted by molar-refractivity contribution is 0.559. The molecule has 7 heteroatoms. The lowest BCUT2D eigenvalue weighted by atomic mass is 10.1. The van der Waals surface area contributed by atoms with Gasteiger partial charge in [-0.15, -0.1) is 0 Å². The van der Waals surface area contributed by atoms with Gasteiger partial charge in [0.15, 0.2) is 0 Å². The van der Waals surface area contributed by atoms with Gasteiger partial charge in [-0.25, -0.2) is 8.42 Å². The molecule has 0 amide bonds. The topological polar surface area (TPSA) is 76.9 Å². The van der Waals surface area contributed by atoms with E-state index in [2.05, 4.69) is 15.5 Å². The summed E-state index contributed by atoms with van der Waals surface area (Å²) in [5.74, 6) is 0.555. The Bertz CT molecular complexity index is 651. The van der Waals surface area contributed by atoms with Crippen molar-refractivity contribution in [2.24, 2.45) is 0 Å². The number of sulfone groups is 1. The summed E-state index contributed by atoms with van der Waals surface area (Å²) in [5, 5.41) is 11.5. The second-order valence-corrected chi connectivity index (χ2v) is 7.24. The lowest BCUT2D eigenvalue weighted by Gasteiger charge is -2.24. The number of benzene rings is 1. The van der Waals surface area contributed by atoms with Crippen LogP contribution in [0.15, 0.2) is 36.7 Å². The van der Waals surface area contributed by atoms with Gasteiger partial charge in [-0.1, -0.05) is 0 Å². The minimum Gasteiger partial charge on any atom is -0.382 e. The molecule has 0 spiro atoms. The maximum Gasteiger partial charge on any atom is 0.150 e. The highest BCUT2D eigenvalue weighted by Crippen LogP contribution is 2.19. The Kier molecular flexibility index (Phi) is 3.43. The third-order valence-electron chi connectivity index (χ3n) is 3.44. The Balaban J connectivity index is 1.64. The van der Waals surface area contributed by atoms with Crippen LogP contribution in [0.2, 0.25) is 0 Å². The van der Waals surface area contributed by atoms with Crippen molar-refractivity contribution >= 4 is 15.5 Å². The predicted molar refractivity (Wildman–Crippen MR) is 76.7 cm³/mol. The average molecular weight is 292 g/mol. The van der Waals surface area contributed by atoms with Gasteiger partial charge in [0.05, 0.1) is 29.6 Å². The van der Waals surface area contributed by atoms with Crippen molar-refractivity contribution in [3.8, 4) is 5.69 Å². The molecule has 0 bridgehead atoms. The molecule has 1 aliphatic heterocycles. The monoisotopic (exact) mass is 292 g/mol. The van der Waals surface area contributed by atoms with Gasteiger partial charge in [-0.05, 0) is 37.1 Å². The quantitative estimate of drug-likeness (QED) is 0.921. The molecule has 1 fully saturated rings. The first-order valence-electron chi connectivity index (χ1n) is 6.56. The molecule has 1 aromatic heterocycles. The molecule has 106 valence electrons. The molecule has 1 aromatic carbocycles. The highest BCUT2D eigenvalue weighted by atomic mass is 32.2. The zero-order valence-electron chi connectivity index (χ0n) is 10.9. The minimum atomic E-state index is -2.80. The van der Waals surface area contributed by atoms with Crippen LogP contribution in [0, 0.1) is 0 Å². The molecule has 0 saturated carbocycles. The van der Waals surface area contributed by atoms with Crippen LogP contribution in [0.1, 0.15) is 12.8 Å². The molecule has 20 heavy (non-hydrogen) atoms. The zero-order valence-corrected chi connectivity index (χ0v) is 11.8. The van der Waals surface area contributed by atoms with Crippen LogP contribution in [-0.2, 0) is 9.84 Å². The van der Waals surface area contributed by atoms with Gasteiger partial charge in [-0.2, -0.15) is 15.0 Å². The van der Waals surface area contributed by atoms with Crippen LogP contribution < -0.4 is 5.32 Å². The summed E-state index contributed by atoms with van der Waals surface area (Å²) >= 11 is 0. The van der Waals surface area contributed by atoms with Gasteiger partial charge in [0, 0.05) is 11.7 Å². The summed E-state index contributed by atoms with van der Waals surface area (Å²) in [4.78, 5) is 1.55. The predicted octanol–water partition coefficient (Wildman–Crippen LogP) is 1.26. The summed E-state index contributed by atoms with van der Waals surface area (Å²) in [6.07, 6.45) is 4.61. The number of nitrogens with zero attached hydrogens (tertiary/aromatic N) is 3. The van der Waals surface area contributed by atoms with Gasteiger partial charge in [0.25, 0.3) is 0 Å². The third-order valence-corrected chi connectivity index (χ3v) is 5.16. The maximum absolute atomic E-state index is 11.4. The summed E-state index contributed by atoms with van der Waals surface area (Å²) in [5.41, 5.74) is 1.89. The van der Waals surface area contributed by atoms with Gasteiger partial charge < -0.3 is 5.32 Å². The van der Waals surface area contributed by atoms with Crippen molar-refractivity contribution in [2.45, 2.75) is 18.9 Å². The zero-order chi connectivity index (χ0) is 14.0. The smallest absolute Gasteiger partial charge is 0.150 e. The number of hydrogen-bond donors (Lipinski definition) is 1. The van der Waals surface area contributed by atoms with E-state index in [4.69, 9.17) is 0 Å². The Labute approximate surface area is 117 Å². The molecule has 0 aliphatic carbocycles. The Morgan fingerprint density at radius 1 is 1.05 bits per heavy atom. The van der Waals surface area contributed by atoms with Gasteiger partial charge in [0.1, 0.15) is 9.84 Å². The summed E-state index contributed by atoms with van der Waals surface area (Å²) in [6, 6.07) is 8.01. The van der Waals surface area contributed by atoms with Crippen LogP contribution in [0.3, 0.4) is 0 Å². The molecule has 0 radical (unpaired) electrons. The fourth-order valence-electron chi connectivity index (χ4n) is 2.31. The largest absolute Gasteiger partial charge is 0.382 e. The van der Waals surface area contributed by atoms with Crippen molar-refractivity contribution in [1.82, 2.24) is 15.0 Å². The van der Waals surface area contributed by atoms with Gasteiger partial charge in [0.2, 0.25) is 0 Å². The maximum atomic E-state index is 11.4. The van der Waals surface area contributed by atoms with E-state index in [0.29, 0.717) is 12.8 Å². The van der Waals surface area contributed by atoms with Crippen molar-refractivity contribution < 1.29 is 8.42 Å². The van der Waals surface area contributed by atoms with Crippen molar-refractivity contribution in [3.05, 3.63) is 36.7 Å². The number of nitrogens with one attached hydrogen (secondary N) is 1. The molecule has 1 N–H and O–H groups in total. The third kappa shape index (κ3) is 2.98. The van der Waals surface area contributed by atoms with Crippen molar-refractivity contribution in [1.29, 1.82) is 0 Å². The second kappa shape index (κ2) is 5.24. The number of hydrogen-bond acceptors (Lipinski definition) is 5. The van der Waals surface area contributed by atoms with Gasteiger partial charge >= 0.3 is 0 Å². The summed E-state index contributed by atoms with van der Waals surface area (Å²) in [6.45, 7) is 0. The number of aromatic nitrogens is 3. The Hall–Kier alpha value is -1.89. The summed E-state index contributed by atoms with van der Waals surface area (Å²) < 4.78 is 22.8. The van der Waals surface area contributed by atoms with Crippen LogP contribution >= 0.6 is 0 Å². The van der Waals surface area contributed by atoms with Gasteiger partial charge in [-0.3, -0.25) is 0 Å². The molecule has 3 rings (SSSR count). The van der Waals surface area contributed by atoms with E-state index in [1.54, 1.807) is 17.2 Å². The molecular formula is C13H16N4O2S. The molecule has 1 aliphatic rings. The van der Waals surface area contributed by atoms with E-state index < -0.39 is 9.84 Å². The number of rotatable bonds is 3. The molecule has 0 unspecified atom stereocenters. The van der Waals surface area contributed by atoms with E-state index in [1.807, 2.05) is 24.3 Å². The molecular weight excluding hydrogens is 276 g/mol. The minimum absolute atomic E-state index is 0.229. The fraction of sp³-hybridized carbons (Fsp3) is 0.385. The van der Waals surface area contributed by atoms with E-state index in [9.17, 15) is 8.42 Å². The Morgan fingerprint density at radius 2 is 1.65 bits per heavy atom. The lowest BCUT2D eigenvalue weighted by Crippen LogP contribution is -2.32. The fourth-order valence-corrected chi connectivity index (χ4v) is 3.80. The molecule has 2 heterocycles. The number of anilines is 1. The van der Waals surface area contributed by atoms with Crippen LogP contribution in [-0.4, -0.2) is 41.0 Å². The molecule has 1 saturated heterocycles. The molecule has 6 nitrogen and oxygen atoms in total. The van der Waals surface area contributed by atoms with Crippen molar-refractivity contribution in [3.63, 3.8) is 0 Å². The van der Waals surface area contributed by atoms with E-state index >= 15 is 0 Å². The first-order chi connectivity index (χ1) is 9.62. The first kappa shape index (κ1) is 13.1. The standard InChI is InChI=1S/C13H16N4O2S/c18-20(19)9-5-12(6-10-20)16-11-1-3-13(4-2-11)17-14-7-8-15-17/h1-4,7-8,12,16H,5-6,9-10H2. The van der Waals surface area contributed by atoms with E-state index in [-0.39, 0.29) is 17.5 Å². The van der Waals surface area contributed by atoms with Crippen molar-refractivity contribution in [2.75, 3.05) is 16.8 Å². The SMILES string of the molecule is O=S1(=O)CCC(Nc2ccc(-n3nccn3)cc2)CC1. The molecule has 0 atom stereocenters. The highest BCUT2D eigenvalue weighted by Gasteiger charge is 2.23. The van der Waals surface area contributed by atoms with Crippen LogP contribution in [0.5, 0.6) is 0 Å². The first-order valence-corrected chi connectivity index (χ1v) is 8.38. The Morgan fingerprint density at radius 3 is 2.25 bits per heavy atom. The summed E-state index contributed by atoms with van der Waals surface area (Å²) in [7, 11) is -2.80. The van der Waals surface area contributed by atoms with Crippen LogP contribution in [0.4, 0.5) is 5.69 Å². The molecule has 2 aromatic rings. The highest BCUT2D eigenvalue weighted by molar-refractivity contribution is 7.91. The second-order valence-electron chi connectivity index (χ2n) is 4.94. The average Bonchev–Trinajstić information content (AvgIpc) is 2.96. The van der Waals surface area contributed by atoms with E-state index in [0.717, 1.165) is 11.4 Å². The normalized spacial score (nSPS) is 18.8. The van der Waals surface area contributed by atoms with E-state index in [1.165, 1.54) is 0 Å². The van der Waals surface area contributed by atoms with Crippen LogP contribution in [0.25, 0.3) is 5.69 Å².